The van der Waals surface area contributed by atoms with Crippen molar-refractivity contribution in [2.45, 2.75) is 90.4 Å². The second-order valence-electron chi connectivity index (χ2n) is 6.60. The molecular weight excluding hydrogens is 286 g/mol. The lowest BCUT2D eigenvalue weighted by Gasteiger charge is -2.17. The maximum atomic E-state index is 8.92. The van der Waals surface area contributed by atoms with Gasteiger partial charge in [-0.3, -0.25) is 4.68 Å². The van der Waals surface area contributed by atoms with E-state index in [-0.39, 0.29) is 0 Å². The number of aryl methyl sites for hydroxylation is 1. The van der Waals surface area contributed by atoms with Crippen molar-refractivity contribution in [3.8, 4) is 0 Å². The second-order valence-corrected chi connectivity index (χ2v) is 6.60. The number of rotatable bonds is 13. The number of unbranched alkanes of at least 4 members (excludes halogenated alkanes) is 7. The van der Waals surface area contributed by atoms with E-state index in [2.05, 4.69) is 24.1 Å². The van der Waals surface area contributed by atoms with Gasteiger partial charge in [0.1, 0.15) is 0 Å². The Kier molecular flexibility index (Phi) is 10.4. The molecule has 1 aromatic heterocycles. The maximum Gasteiger partial charge on any atom is 0.0917 e. The van der Waals surface area contributed by atoms with Crippen molar-refractivity contribution in [1.29, 1.82) is 0 Å². The quantitative estimate of drug-likeness (QED) is 0.221. The first-order chi connectivity index (χ1) is 11.2. The monoisotopic (exact) mass is 321 g/mol. The third kappa shape index (κ3) is 7.19. The Morgan fingerprint density at radius 3 is 2.17 bits per heavy atom. The maximum absolute atomic E-state index is 8.92. The van der Waals surface area contributed by atoms with Crippen LogP contribution < -0.4 is 0 Å². The number of hydrogen-bond donors (Lipinski definition) is 1. The Morgan fingerprint density at radius 1 is 1.04 bits per heavy atom. The predicted molar refractivity (Wildman–Crippen MR) is 97.5 cm³/mol. The molecule has 0 unspecified atom stereocenters. The molecule has 0 fully saturated rings. The molecular formula is C19H35N3O. The van der Waals surface area contributed by atoms with Crippen LogP contribution in [0.1, 0.15) is 102 Å². The molecule has 0 bridgehead atoms. The van der Waals surface area contributed by atoms with Gasteiger partial charge in [-0.05, 0) is 18.8 Å². The molecule has 1 heterocycles. The molecule has 1 rings (SSSR count). The van der Waals surface area contributed by atoms with Gasteiger partial charge in [0.25, 0.3) is 0 Å². The van der Waals surface area contributed by atoms with Crippen LogP contribution in [0.15, 0.2) is 11.4 Å². The summed E-state index contributed by atoms with van der Waals surface area (Å²) in [5.74, 6) is 0.537. The predicted octanol–water partition coefficient (Wildman–Crippen LogP) is 5.64. The van der Waals surface area contributed by atoms with E-state index in [1.165, 1.54) is 82.4 Å². The molecule has 0 saturated heterocycles. The summed E-state index contributed by atoms with van der Waals surface area (Å²) in [7, 11) is 1.91. The molecule has 132 valence electrons. The van der Waals surface area contributed by atoms with Crippen LogP contribution in [0.25, 0.3) is 0 Å². The van der Waals surface area contributed by atoms with E-state index in [0.717, 1.165) is 5.69 Å². The zero-order chi connectivity index (χ0) is 16.9. The largest absolute Gasteiger partial charge is 0.411 e. The van der Waals surface area contributed by atoms with Crippen molar-refractivity contribution in [2.24, 2.45) is 12.2 Å². The fourth-order valence-corrected chi connectivity index (χ4v) is 3.26. The van der Waals surface area contributed by atoms with Gasteiger partial charge in [0, 0.05) is 12.6 Å². The van der Waals surface area contributed by atoms with Gasteiger partial charge in [-0.25, -0.2) is 0 Å². The molecule has 0 aliphatic heterocycles. The molecule has 0 aliphatic rings. The van der Waals surface area contributed by atoms with Crippen LogP contribution in [0.3, 0.4) is 0 Å². The zero-order valence-electron chi connectivity index (χ0n) is 15.3. The molecule has 23 heavy (non-hydrogen) atoms. The summed E-state index contributed by atoms with van der Waals surface area (Å²) >= 11 is 0. The number of oxime groups is 1. The average molecular weight is 322 g/mol. The van der Waals surface area contributed by atoms with Crippen molar-refractivity contribution in [3.05, 3.63) is 17.5 Å². The van der Waals surface area contributed by atoms with Crippen LogP contribution in [0.2, 0.25) is 0 Å². The summed E-state index contributed by atoms with van der Waals surface area (Å²) < 4.78 is 1.81. The molecule has 0 saturated carbocycles. The highest BCUT2D eigenvalue weighted by atomic mass is 16.4. The third-order valence-corrected chi connectivity index (χ3v) is 4.70. The van der Waals surface area contributed by atoms with Gasteiger partial charge in [0.15, 0.2) is 0 Å². The van der Waals surface area contributed by atoms with Crippen molar-refractivity contribution in [3.63, 3.8) is 0 Å². The summed E-state index contributed by atoms with van der Waals surface area (Å²) in [6, 6.07) is 0. The first-order valence-corrected chi connectivity index (χ1v) is 9.43. The van der Waals surface area contributed by atoms with Gasteiger partial charge >= 0.3 is 0 Å². The van der Waals surface area contributed by atoms with Crippen molar-refractivity contribution in [2.75, 3.05) is 0 Å². The highest BCUT2D eigenvalue weighted by Gasteiger charge is 2.18. The van der Waals surface area contributed by atoms with E-state index < -0.39 is 0 Å². The number of aromatic nitrogens is 2. The van der Waals surface area contributed by atoms with Gasteiger partial charge in [0.2, 0.25) is 0 Å². The van der Waals surface area contributed by atoms with Crippen LogP contribution >= 0.6 is 0 Å². The Labute approximate surface area is 142 Å². The minimum Gasteiger partial charge on any atom is -0.411 e. The van der Waals surface area contributed by atoms with Gasteiger partial charge in [-0.15, -0.1) is 0 Å². The molecule has 4 heteroatoms. The van der Waals surface area contributed by atoms with Crippen molar-refractivity contribution < 1.29 is 5.21 Å². The third-order valence-electron chi connectivity index (χ3n) is 4.70. The van der Waals surface area contributed by atoms with Crippen LogP contribution in [0, 0.1) is 0 Å². The average Bonchev–Trinajstić information content (AvgIpc) is 2.91. The van der Waals surface area contributed by atoms with Crippen molar-refractivity contribution in [1.82, 2.24) is 9.78 Å². The Morgan fingerprint density at radius 2 is 1.61 bits per heavy atom. The molecule has 0 aromatic carbocycles. The second kappa shape index (κ2) is 12.1. The normalized spacial score (nSPS) is 13.0. The van der Waals surface area contributed by atoms with Crippen LogP contribution in [-0.4, -0.2) is 21.2 Å². The van der Waals surface area contributed by atoms with Gasteiger partial charge in [0.05, 0.1) is 18.1 Å². The van der Waals surface area contributed by atoms with E-state index >= 15 is 0 Å². The van der Waals surface area contributed by atoms with Crippen LogP contribution in [0.5, 0.6) is 0 Å². The van der Waals surface area contributed by atoms with Gasteiger partial charge in [-0.1, -0.05) is 76.8 Å². The Hall–Kier alpha value is -1.32. The molecule has 1 N–H and O–H groups in total. The highest BCUT2D eigenvalue weighted by molar-refractivity contribution is 5.79. The molecule has 0 radical (unpaired) electrons. The van der Waals surface area contributed by atoms with E-state index in [1.54, 1.807) is 0 Å². The number of hydrogen-bond acceptors (Lipinski definition) is 3. The molecule has 4 nitrogen and oxygen atoms in total. The Balaban J connectivity index is 2.65. The first-order valence-electron chi connectivity index (χ1n) is 9.43. The summed E-state index contributed by atoms with van der Waals surface area (Å²) in [5, 5.41) is 16.5. The first kappa shape index (κ1) is 19.7. The lowest BCUT2D eigenvalue weighted by molar-refractivity contribution is 0.321. The van der Waals surface area contributed by atoms with Gasteiger partial charge in [-0.2, -0.15) is 5.10 Å². The smallest absolute Gasteiger partial charge is 0.0917 e. The standard InChI is InChI=1S/C19H35N3O/c1-4-6-8-10-12-14-17(13-11-9-7-5-2)18-15-20-22(3)19(18)16-21-23/h15-17,23H,4-14H2,1-3H3/b21-16+/t17-/m1/s1. The fourth-order valence-electron chi connectivity index (χ4n) is 3.26. The summed E-state index contributed by atoms with van der Waals surface area (Å²) in [4.78, 5) is 0. The lowest BCUT2D eigenvalue weighted by Crippen LogP contribution is -2.05. The van der Waals surface area contributed by atoms with E-state index in [4.69, 9.17) is 5.21 Å². The highest BCUT2D eigenvalue weighted by Crippen LogP contribution is 2.30. The van der Waals surface area contributed by atoms with E-state index in [0.29, 0.717) is 5.92 Å². The van der Waals surface area contributed by atoms with E-state index in [1.807, 2.05) is 17.9 Å². The van der Waals surface area contributed by atoms with Crippen LogP contribution in [0.4, 0.5) is 0 Å². The Bertz CT molecular complexity index is 440. The van der Waals surface area contributed by atoms with E-state index in [9.17, 15) is 0 Å². The topological polar surface area (TPSA) is 50.4 Å². The zero-order valence-corrected chi connectivity index (χ0v) is 15.3. The molecule has 0 aliphatic carbocycles. The molecule has 0 spiro atoms. The minimum atomic E-state index is 0.537. The lowest BCUT2D eigenvalue weighted by atomic mass is 9.88. The van der Waals surface area contributed by atoms with Crippen LogP contribution in [-0.2, 0) is 7.05 Å². The fraction of sp³-hybridized carbons (Fsp3) is 0.789. The number of nitrogens with zero attached hydrogens (tertiary/aromatic N) is 3. The SMILES string of the molecule is CCCCCCC[C@@H](CCCCCC)c1cnn(C)c1/C=N/O. The summed E-state index contributed by atoms with van der Waals surface area (Å²) in [5.41, 5.74) is 2.19. The molecule has 1 aromatic rings. The van der Waals surface area contributed by atoms with Gasteiger partial charge < -0.3 is 5.21 Å². The summed E-state index contributed by atoms with van der Waals surface area (Å²) in [6.07, 6.45) is 17.7. The van der Waals surface area contributed by atoms with Crippen molar-refractivity contribution >= 4 is 6.21 Å². The minimum absolute atomic E-state index is 0.537. The summed E-state index contributed by atoms with van der Waals surface area (Å²) in [6.45, 7) is 4.51. The molecule has 0 amide bonds. The molecule has 1 atom stereocenters.